The maximum atomic E-state index is 13.8. The largest absolute Gasteiger partial charge is 0.479 e. The normalized spacial score (nSPS) is 11.9. The Hall–Kier alpha value is -1.59. The number of hydrogen-bond donors (Lipinski definition) is 2. The van der Waals surface area contributed by atoms with Gasteiger partial charge in [0.15, 0.2) is 6.04 Å². The summed E-state index contributed by atoms with van der Waals surface area (Å²) in [6.07, 6.45) is 0. The lowest BCUT2D eigenvalue weighted by Gasteiger charge is -2.17. The molecule has 6 heteroatoms. The van der Waals surface area contributed by atoms with E-state index in [1.807, 2.05) is 0 Å². The van der Waals surface area contributed by atoms with E-state index >= 15 is 0 Å². The molecule has 0 bridgehead atoms. The lowest BCUT2D eigenvalue weighted by molar-refractivity contribution is -0.138. The van der Waals surface area contributed by atoms with Gasteiger partial charge in [-0.05, 0) is 36.4 Å². The minimum atomic E-state index is -1.20. The van der Waals surface area contributed by atoms with E-state index in [9.17, 15) is 14.3 Å². The van der Waals surface area contributed by atoms with Crippen molar-refractivity contribution in [2.75, 3.05) is 5.32 Å². The number of aliphatic carboxylic acids is 1. The summed E-state index contributed by atoms with van der Waals surface area (Å²) in [5.41, 5.74) is 0.552. The van der Waals surface area contributed by atoms with E-state index in [0.717, 1.165) is 0 Å². The van der Waals surface area contributed by atoms with Crippen LogP contribution in [0.15, 0.2) is 46.9 Å². The Morgan fingerprint density at radius 1 is 1.30 bits per heavy atom. The molecule has 1 unspecified atom stereocenters. The van der Waals surface area contributed by atoms with Crippen LogP contribution in [0, 0.1) is 5.82 Å². The lowest BCUT2D eigenvalue weighted by atomic mass is 10.1. The summed E-state index contributed by atoms with van der Waals surface area (Å²) < 4.78 is 14.4. The second-order valence-electron chi connectivity index (χ2n) is 4.09. The molecule has 0 saturated heterocycles. The summed E-state index contributed by atoms with van der Waals surface area (Å²) in [6.45, 7) is 0. The summed E-state index contributed by atoms with van der Waals surface area (Å²) in [5, 5.41) is 12.5. The number of rotatable bonds is 4. The van der Waals surface area contributed by atoms with Crippen molar-refractivity contribution in [3.8, 4) is 0 Å². The van der Waals surface area contributed by atoms with Crippen molar-refractivity contribution in [2.45, 2.75) is 6.04 Å². The van der Waals surface area contributed by atoms with Gasteiger partial charge in [0.2, 0.25) is 0 Å². The monoisotopic (exact) mass is 357 g/mol. The van der Waals surface area contributed by atoms with Gasteiger partial charge in [0.1, 0.15) is 5.82 Å². The Bertz CT molecular complexity index is 651. The van der Waals surface area contributed by atoms with Crippen molar-refractivity contribution in [1.82, 2.24) is 0 Å². The van der Waals surface area contributed by atoms with Crippen LogP contribution in [0.4, 0.5) is 10.1 Å². The first kappa shape index (κ1) is 14.8. The number of hydrogen-bond acceptors (Lipinski definition) is 2. The van der Waals surface area contributed by atoms with Crippen molar-refractivity contribution in [3.05, 3.63) is 63.3 Å². The number of halogens is 3. The van der Waals surface area contributed by atoms with Gasteiger partial charge in [-0.15, -0.1) is 0 Å². The smallest absolute Gasteiger partial charge is 0.330 e. The van der Waals surface area contributed by atoms with Crippen LogP contribution in [0.2, 0.25) is 5.02 Å². The zero-order chi connectivity index (χ0) is 14.7. The molecule has 2 N–H and O–H groups in total. The van der Waals surface area contributed by atoms with E-state index < -0.39 is 17.8 Å². The van der Waals surface area contributed by atoms with Crippen LogP contribution in [0.5, 0.6) is 0 Å². The second-order valence-corrected chi connectivity index (χ2v) is 5.44. The molecule has 2 rings (SSSR count). The first-order chi connectivity index (χ1) is 9.47. The van der Waals surface area contributed by atoms with Crippen LogP contribution in [0.25, 0.3) is 0 Å². The van der Waals surface area contributed by atoms with Gasteiger partial charge >= 0.3 is 5.97 Å². The van der Waals surface area contributed by atoms with Gasteiger partial charge in [-0.1, -0.05) is 33.6 Å². The molecule has 2 aromatic rings. The van der Waals surface area contributed by atoms with E-state index in [1.165, 1.54) is 18.2 Å². The number of benzene rings is 2. The molecule has 1 atom stereocenters. The maximum Gasteiger partial charge on any atom is 0.330 e. The summed E-state index contributed by atoms with van der Waals surface area (Å²) in [4.78, 5) is 11.4. The minimum absolute atomic E-state index is 0.0480. The van der Waals surface area contributed by atoms with Gasteiger partial charge < -0.3 is 10.4 Å². The van der Waals surface area contributed by atoms with Gasteiger partial charge in [0, 0.05) is 20.7 Å². The molecule has 0 aliphatic heterocycles. The van der Waals surface area contributed by atoms with E-state index in [0.29, 0.717) is 15.2 Å². The standard InChI is InChI=1S/C14H10BrClFNO2/c15-8-4-5-12(17)11(6-8)13(14(19)20)18-10-3-1-2-9(16)7-10/h1-7,13,18H,(H,19,20). The van der Waals surface area contributed by atoms with Crippen LogP contribution >= 0.6 is 27.5 Å². The molecule has 0 fully saturated rings. The summed E-state index contributed by atoms with van der Waals surface area (Å²) in [6, 6.07) is 9.55. The Labute approximate surface area is 128 Å². The molecule has 3 nitrogen and oxygen atoms in total. The molecule has 0 aromatic heterocycles. The van der Waals surface area contributed by atoms with Crippen molar-refractivity contribution in [3.63, 3.8) is 0 Å². The first-order valence-electron chi connectivity index (χ1n) is 5.67. The quantitative estimate of drug-likeness (QED) is 0.847. The van der Waals surface area contributed by atoms with Crippen molar-refractivity contribution >= 4 is 39.2 Å². The highest BCUT2D eigenvalue weighted by molar-refractivity contribution is 9.10. The fraction of sp³-hybridized carbons (Fsp3) is 0.0714. The van der Waals surface area contributed by atoms with E-state index in [1.54, 1.807) is 24.3 Å². The van der Waals surface area contributed by atoms with Crippen LogP contribution in [-0.4, -0.2) is 11.1 Å². The third kappa shape index (κ3) is 3.49. The molecule has 2 aromatic carbocycles. The number of carboxylic acid groups (broad SMARTS) is 1. The van der Waals surface area contributed by atoms with Gasteiger partial charge in [0.25, 0.3) is 0 Å². The lowest BCUT2D eigenvalue weighted by Crippen LogP contribution is -2.21. The number of carboxylic acids is 1. The highest BCUT2D eigenvalue weighted by Gasteiger charge is 2.23. The molecule has 104 valence electrons. The fourth-order valence-corrected chi connectivity index (χ4v) is 2.32. The van der Waals surface area contributed by atoms with E-state index in [4.69, 9.17) is 11.6 Å². The Morgan fingerprint density at radius 2 is 2.05 bits per heavy atom. The molecule has 0 spiro atoms. The molecule has 0 aliphatic rings. The predicted molar refractivity (Wildman–Crippen MR) is 79.6 cm³/mol. The summed E-state index contributed by atoms with van der Waals surface area (Å²) in [5.74, 6) is -1.77. The van der Waals surface area contributed by atoms with Gasteiger partial charge in [-0.25, -0.2) is 9.18 Å². The third-order valence-electron chi connectivity index (χ3n) is 2.65. The highest BCUT2D eigenvalue weighted by atomic mass is 79.9. The van der Waals surface area contributed by atoms with Crippen molar-refractivity contribution in [2.24, 2.45) is 0 Å². The van der Waals surface area contributed by atoms with E-state index in [2.05, 4.69) is 21.2 Å². The molecule has 20 heavy (non-hydrogen) atoms. The topological polar surface area (TPSA) is 49.3 Å². The average molecular weight is 359 g/mol. The SMILES string of the molecule is O=C(O)C(Nc1cccc(Cl)c1)c1cc(Br)ccc1F. The van der Waals surface area contributed by atoms with Crippen LogP contribution in [0.1, 0.15) is 11.6 Å². The molecule has 0 amide bonds. The third-order valence-corrected chi connectivity index (χ3v) is 3.38. The Kier molecular flexibility index (Phi) is 4.62. The number of nitrogens with one attached hydrogen (secondary N) is 1. The predicted octanol–water partition coefficient (Wildman–Crippen LogP) is 4.48. The summed E-state index contributed by atoms with van der Waals surface area (Å²) >= 11 is 9.04. The van der Waals surface area contributed by atoms with Gasteiger partial charge in [-0.3, -0.25) is 0 Å². The van der Waals surface area contributed by atoms with Crippen LogP contribution in [0.3, 0.4) is 0 Å². The number of carbonyl (C=O) groups is 1. The molecular weight excluding hydrogens is 349 g/mol. The zero-order valence-corrected chi connectivity index (χ0v) is 12.5. The molecule has 0 heterocycles. The fourth-order valence-electron chi connectivity index (χ4n) is 1.75. The van der Waals surface area contributed by atoms with Crippen LogP contribution < -0.4 is 5.32 Å². The minimum Gasteiger partial charge on any atom is -0.479 e. The average Bonchev–Trinajstić information content (AvgIpc) is 2.39. The maximum absolute atomic E-state index is 13.8. The molecular formula is C14H10BrClFNO2. The molecule has 0 saturated carbocycles. The van der Waals surface area contributed by atoms with Crippen LogP contribution in [-0.2, 0) is 4.79 Å². The molecule has 0 radical (unpaired) electrons. The Morgan fingerprint density at radius 3 is 2.70 bits per heavy atom. The highest BCUT2D eigenvalue weighted by Crippen LogP contribution is 2.26. The second kappa shape index (κ2) is 6.24. The number of anilines is 1. The summed E-state index contributed by atoms with van der Waals surface area (Å²) in [7, 11) is 0. The van der Waals surface area contributed by atoms with Crippen molar-refractivity contribution < 1.29 is 14.3 Å². The van der Waals surface area contributed by atoms with Gasteiger partial charge in [-0.2, -0.15) is 0 Å². The molecule has 0 aliphatic carbocycles. The van der Waals surface area contributed by atoms with Crippen molar-refractivity contribution in [1.29, 1.82) is 0 Å². The van der Waals surface area contributed by atoms with E-state index in [-0.39, 0.29) is 5.56 Å². The first-order valence-corrected chi connectivity index (χ1v) is 6.84. The Balaban J connectivity index is 2.37. The van der Waals surface area contributed by atoms with Gasteiger partial charge in [0.05, 0.1) is 0 Å². The zero-order valence-electron chi connectivity index (χ0n) is 10.1.